The smallest absolute Gasteiger partial charge is 0.312 e. The monoisotopic (exact) mass is 325 g/mol. The lowest BCUT2D eigenvalue weighted by molar-refractivity contribution is -0.140. The summed E-state index contributed by atoms with van der Waals surface area (Å²) in [6, 6.07) is 7.04. The Morgan fingerprint density at radius 2 is 1.95 bits per heavy atom. The van der Waals surface area contributed by atoms with Gasteiger partial charge in [-0.3, -0.25) is 9.59 Å². The number of carbonyl (C=O) groups is 2. The van der Waals surface area contributed by atoms with Crippen LogP contribution < -0.4 is 0 Å². The Balaban J connectivity index is 2.25. The molecule has 0 spiro atoms. The van der Waals surface area contributed by atoms with Crippen molar-refractivity contribution in [2.45, 2.75) is 31.6 Å². The number of hydrogen-bond acceptors (Lipinski definition) is 4. The predicted octanol–water partition coefficient (Wildman–Crippen LogP) is 1.02. The molecule has 0 saturated carbocycles. The maximum absolute atomic E-state index is 12.2. The van der Waals surface area contributed by atoms with E-state index in [2.05, 4.69) is 0 Å². The molecule has 120 valence electrons. The summed E-state index contributed by atoms with van der Waals surface area (Å²) in [6.45, 7) is 3.29. The van der Waals surface area contributed by atoms with Gasteiger partial charge in [0, 0.05) is 13.1 Å². The van der Waals surface area contributed by atoms with Crippen LogP contribution in [-0.2, 0) is 26.0 Å². The zero-order valence-electron chi connectivity index (χ0n) is 12.5. The second-order valence-electron chi connectivity index (χ2n) is 5.72. The van der Waals surface area contributed by atoms with E-state index in [9.17, 15) is 23.1 Å². The van der Waals surface area contributed by atoms with Crippen molar-refractivity contribution in [2.75, 3.05) is 12.3 Å². The molecule has 0 aromatic heterocycles. The van der Waals surface area contributed by atoms with Crippen LogP contribution in [0.25, 0.3) is 0 Å². The molecule has 1 amide bonds. The minimum absolute atomic E-state index is 0.00120. The van der Waals surface area contributed by atoms with Gasteiger partial charge in [0.1, 0.15) is 5.75 Å². The van der Waals surface area contributed by atoms with E-state index < -0.39 is 38.6 Å². The van der Waals surface area contributed by atoms with Gasteiger partial charge in [-0.15, -0.1) is 0 Å². The molecule has 1 aliphatic rings. The molecule has 0 radical (unpaired) electrons. The van der Waals surface area contributed by atoms with Crippen molar-refractivity contribution in [1.29, 1.82) is 0 Å². The summed E-state index contributed by atoms with van der Waals surface area (Å²) < 4.78 is 23.8. The summed E-state index contributed by atoms with van der Waals surface area (Å²) in [5.41, 5.74) is 1.43. The van der Waals surface area contributed by atoms with Crippen LogP contribution in [-0.4, -0.2) is 47.8 Å². The van der Waals surface area contributed by atoms with Crippen molar-refractivity contribution in [3.63, 3.8) is 0 Å². The van der Waals surface area contributed by atoms with E-state index in [1.807, 2.05) is 0 Å². The number of benzene rings is 1. The first-order valence-electron chi connectivity index (χ1n) is 7.02. The average Bonchev–Trinajstić information content (AvgIpc) is 2.45. The molecule has 0 bridgehead atoms. The van der Waals surface area contributed by atoms with Gasteiger partial charge in [-0.2, -0.15) is 0 Å². The van der Waals surface area contributed by atoms with E-state index in [4.69, 9.17) is 0 Å². The van der Waals surface area contributed by atoms with Crippen LogP contribution in [0.2, 0.25) is 0 Å². The lowest BCUT2D eigenvalue weighted by atomic mass is 9.90. The summed E-state index contributed by atoms with van der Waals surface area (Å²) in [5.74, 6) is -2.97. The number of hydrogen-bond donors (Lipinski definition) is 1. The van der Waals surface area contributed by atoms with Gasteiger partial charge >= 0.3 is 5.97 Å². The lowest BCUT2D eigenvalue weighted by Crippen LogP contribution is -2.43. The first kappa shape index (κ1) is 16.5. The van der Waals surface area contributed by atoms with Gasteiger partial charge in [-0.1, -0.05) is 24.3 Å². The number of amides is 1. The molecular weight excluding hydrogens is 306 g/mol. The fourth-order valence-electron chi connectivity index (χ4n) is 2.44. The largest absolute Gasteiger partial charge is 0.481 e. The third kappa shape index (κ3) is 3.30. The quantitative estimate of drug-likeness (QED) is 0.892. The maximum Gasteiger partial charge on any atom is 0.312 e. The normalized spacial score (nSPS) is 18.1. The molecule has 7 heteroatoms. The number of aliphatic carboxylic acids is 1. The van der Waals surface area contributed by atoms with E-state index in [1.165, 1.54) is 18.7 Å². The molecule has 22 heavy (non-hydrogen) atoms. The van der Waals surface area contributed by atoms with E-state index in [1.54, 1.807) is 24.3 Å². The zero-order valence-corrected chi connectivity index (χ0v) is 13.3. The highest BCUT2D eigenvalue weighted by atomic mass is 32.2. The number of rotatable bonds is 4. The minimum atomic E-state index is -3.50. The van der Waals surface area contributed by atoms with Crippen LogP contribution in [0.5, 0.6) is 0 Å². The van der Waals surface area contributed by atoms with Crippen molar-refractivity contribution in [1.82, 2.24) is 4.90 Å². The fourth-order valence-corrected chi connectivity index (χ4v) is 3.30. The Labute approximate surface area is 129 Å². The Bertz CT molecular complexity index is 696. The second-order valence-corrected chi connectivity index (χ2v) is 8.28. The van der Waals surface area contributed by atoms with Crippen molar-refractivity contribution in [3.8, 4) is 0 Å². The van der Waals surface area contributed by atoms with Gasteiger partial charge in [0.05, 0.1) is 11.2 Å². The first-order valence-corrected chi connectivity index (χ1v) is 8.74. The second kappa shape index (κ2) is 6.08. The Kier molecular flexibility index (Phi) is 4.55. The summed E-state index contributed by atoms with van der Waals surface area (Å²) in [6.07, 6.45) is 0. The van der Waals surface area contributed by atoms with Gasteiger partial charge in [0.25, 0.3) is 0 Å². The standard InChI is InChI=1S/C15H19NO5S/c1-10(2)22(20,21)9-14(17)16-7-11-5-3-4-6-12(11)13(8-16)15(18)19/h3-6,10,13H,7-9H2,1-2H3,(H,18,19). The molecule has 6 nitrogen and oxygen atoms in total. The van der Waals surface area contributed by atoms with E-state index in [-0.39, 0.29) is 13.1 Å². The number of carbonyl (C=O) groups excluding carboxylic acids is 1. The predicted molar refractivity (Wildman–Crippen MR) is 81.2 cm³/mol. The van der Waals surface area contributed by atoms with Crippen LogP contribution in [0.15, 0.2) is 24.3 Å². The Hall–Kier alpha value is -1.89. The van der Waals surface area contributed by atoms with E-state index in [0.717, 1.165) is 5.56 Å². The first-order chi connectivity index (χ1) is 10.2. The highest BCUT2D eigenvalue weighted by molar-refractivity contribution is 7.92. The molecule has 0 aliphatic carbocycles. The van der Waals surface area contributed by atoms with Crippen molar-refractivity contribution < 1.29 is 23.1 Å². The molecule has 1 aliphatic heterocycles. The number of fused-ring (bicyclic) bond motifs is 1. The molecule has 2 rings (SSSR count). The molecule has 1 heterocycles. The third-order valence-corrected chi connectivity index (χ3v) is 5.97. The molecule has 1 aromatic carbocycles. The van der Waals surface area contributed by atoms with Gasteiger partial charge < -0.3 is 10.0 Å². The fraction of sp³-hybridized carbons (Fsp3) is 0.467. The minimum Gasteiger partial charge on any atom is -0.481 e. The maximum atomic E-state index is 12.2. The summed E-state index contributed by atoms with van der Waals surface area (Å²) in [4.78, 5) is 25.0. The summed E-state index contributed by atoms with van der Waals surface area (Å²) in [5, 5.41) is 8.71. The zero-order chi connectivity index (χ0) is 16.5. The van der Waals surface area contributed by atoms with Crippen molar-refractivity contribution >= 4 is 21.7 Å². The molecule has 1 unspecified atom stereocenters. The highest BCUT2D eigenvalue weighted by Gasteiger charge is 2.34. The molecule has 0 fully saturated rings. The van der Waals surface area contributed by atoms with Crippen LogP contribution >= 0.6 is 0 Å². The van der Waals surface area contributed by atoms with Crippen LogP contribution in [0.3, 0.4) is 0 Å². The number of sulfone groups is 1. The molecule has 1 atom stereocenters. The average molecular weight is 325 g/mol. The van der Waals surface area contributed by atoms with Gasteiger partial charge in [-0.05, 0) is 25.0 Å². The molecule has 1 aromatic rings. The van der Waals surface area contributed by atoms with E-state index in [0.29, 0.717) is 5.56 Å². The van der Waals surface area contributed by atoms with Gasteiger partial charge in [0.15, 0.2) is 9.84 Å². The van der Waals surface area contributed by atoms with Crippen molar-refractivity contribution in [2.24, 2.45) is 0 Å². The Morgan fingerprint density at radius 1 is 1.32 bits per heavy atom. The molecule has 1 N–H and O–H groups in total. The van der Waals surface area contributed by atoms with Gasteiger partial charge in [-0.25, -0.2) is 8.42 Å². The number of carboxylic acid groups (broad SMARTS) is 1. The van der Waals surface area contributed by atoms with Crippen LogP contribution in [0.1, 0.15) is 30.9 Å². The molecule has 0 saturated heterocycles. The number of carboxylic acids is 1. The molecular formula is C15H19NO5S. The third-order valence-electron chi connectivity index (χ3n) is 3.89. The number of nitrogens with zero attached hydrogens (tertiary/aromatic N) is 1. The Morgan fingerprint density at radius 3 is 2.55 bits per heavy atom. The summed E-state index contributed by atoms with van der Waals surface area (Å²) >= 11 is 0. The summed E-state index contributed by atoms with van der Waals surface area (Å²) in [7, 11) is -3.50. The van der Waals surface area contributed by atoms with Crippen molar-refractivity contribution in [3.05, 3.63) is 35.4 Å². The topological polar surface area (TPSA) is 91.8 Å². The van der Waals surface area contributed by atoms with Crippen LogP contribution in [0, 0.1) is 0 Å². The SMILES string of the molecule is CC(C)S(=O)(=O)CC(=O)N1Cc2ccccc2C(C(=O)O)C1. The lowest BCUT2D eigenvalue weighted by Gasteiger charge is -2.33. The van der Waals surface area contributed by atoms with Gasteiger partial charge in [0.2, 0.25) is 5.91 Å². The van der Waals surface area contributed by atoms with E-state index >= 15 is 0 Å². The highest BCUT2D eigenvalue weighted by Crippen LogP contribution is 2.28. The van der Waals surface area contributed by atoms with Crippen LogP contribution in [0.4, 0.5) is 0 Å².